The van der Waals surface area contributed by atoms with E-state index < -0.39 is 12.0 Å². The van der Waals surface area contributed by atoms with Crippen LogP contribution in [0.2, 0.25) is 0 Å². The Morgan fingerprint density at radius 2 is 1.86 bits per heavy atom. The number of aliphatic imine (C=N–C) groups is 1. The summed E-state index contributed by atoms with van der Waals surface area (Å²) in [6.45, 7) is 1.94. The van der Waals surface area contributed by atoms with E-state index in [0.717, 1.165) is 32.3 Å². The summed E-state index contributed by atoms with van der Waals surface area (Å²) < 4.78 is 5.54. The van der Waals surface area contributed by atoms with E-state index in [0.29, 0.717) is 11.4 Å². The third kappa shape index (κ3) is 8.02. The third-order valence-electron chi connectivity index (χ3n) is 4.52. The molecule has 0 aliphatic carbocycles. The monoisotopic (exact) mass is 544 g/mol. The first-order valence-corrected chi connectivity index (χ1v) is 11.0. The Bertz CT molecular complexity index is 1260. The van der Waals surface area contributed by atoms with Crippen LogP contribution in [0.5, 0.6) is 10.9 Å². The van der Waals surface area contributed by atoms with Gasteiger partial charge in [-0.2, -0.15) is 5.26 Å². The Labute approximate surface area is 221 Å². The van der Waals surface area contributed by atoms with E-state index in [-0.39, 0.29) is 46.6 Å². The first-order valence-electron chi connectivity index (χ1n) is 10.2. The van der Waals surface area contributed by atoms with Crippen molar-refractivity contribution in [2.75, 3.05) is 6.54 Å². The largest absolute Gasteiger partial charge is 2.00 e. The van der Waals surface area contributed by atoms with Crippen LogP contribution in [0.4, 0.5) is 10.5 Å². The van der Waals surface area contributed by atoms with E-state index in [9.17, 15) is 14.4 Å². The summed E-state index contributed by atoms with van der Waals surface area (Å²) in [5, 5.41) is 17.9. The van der Waals surface area contributed by atoms with Gasteiger partial charge in [-0.15, -0.1) is 0 Å². The van der Waals surface area contributed by atoms with Gasteiger partial charge in [-0.3, -0.25) is 0 Å². The maximum absolute atomic E-state index is 12.9. The van der Waals surface area contributed by atoms with Gasteiger partial charge in [0, 0.05) is 19.4 Å². The van der Waals surface area contributed by atoms with Gasteiger partial charge in [-0.1, -0.05) is 53.3 Å². The number of ether oxygens (including phenoxy) is 1. The average Bonchev–Trinajstić information content (AvgIpc) is 3.33. The number of urea groups is 1. The van der Waals surface area contributed by atoms with E-state index in [2.05, 4.69) is 16.3 Å². The smallest absolute Gasteiger partial charge is 0.477 e. The molecule has 0 aliphatic heterocycles. The number of carboxylic acid groups (broad SMARTS) is 1. The van der Waals surface area contributed by atoms with Gasteiger partial charge in [-0.25, -0.2) is 9.78 Å². The van der Waals surface area contributed by atoms with E-state index in [1.807, 2.05) is 37.3 Å². The SMILES string of the molecule is Cc1ccc(CN([C-]=Nc2ccc(Oc3ncc(C(=O)O)s3)cc2)C(=O)N([C-]=O)CCC#N)cc1.[Mn+2]. The molecule has 0 aliphatic rings. The van der Waals surface area contributed by atoms with Crippen molar-refractivity contribution >= 4 is 41.8 Å². The summed E-state index contributed by atoms with van der Waals surface area (Å²) in [6, 6.07) is 15.1. The van der Waals surface area contributed by atoms with Crippen molar-refractivity contribution in [2.45, 2.75) is 19.9 Å². The Morgan fingerprint density at radius 1 is 1.17 bits per heavy atom. The van der Waals surface area contributed by atoms with Crippen molar-refractivity contribution in [1.82, 2.24) is 14.8 Å². The number of rotatable bonds is 10. The molecule has 3 amide bonds. The number of nitriles is 1. The fourth-order valence-corrected chi connectivity index (χ4v) is 3.35. The Hall–Kier alpha value is -4.04. The topological polar surface area (TPSA) is 136 Å². The van der Waals surface area contributed by atoms with Gasteiger partial charge >= 0.3 is 23.0 Å². The maximum atomic E-state index is 12.9. The van der Waals surface area contributed by atoms with Crippen molar-refractivity contribution < 1.29 is 41.3 Å². The molecule has 0 atom stereocenters. The number of carboxylic acids is 1. The number of aryl methyl sites for hydroxylation is 1. The van der Waals surface area contributed by atoms with E-state index >= 15 is 0 Å². The molecule has 1 radical (unpaired) electrons. The summed E-state index contributed by atoms with van der Waals surface area (Å²) in [5.41, 5.74) is 2.30. The van der Waals surface area contributed by atoms with Crippen LogP contribution < -0.4 is 4.74 Å². The fraction of sp³-hybridized carbons (Fsp3) is 0.167. The van der Waals surface area contributed by atoms with Crippen molar-refractivity contribution in [3.8, 4) is 17.0 Å². The second-order valence-electron chi connectivity index (χ2n) is 7.11. The molecule has 0 fully saturated rings. The second-order valence-corrected chi connectivity index (χ2v) is 8.10. The van der Waals surface area contributed by atoms with Crippen LogP contribution in [0.3, 0.4) is 0 Å². The van der Waals surface area contributed by atoms with Crippen LogP contribution in [-0.4, -0.2) is 51.2 Å². The van der Waals surface area contributed by atoms with Gasteiger partial charge in [0.25, 0.3) is 5.19 Å². The molecule has 0 spiro atoms. The number of imide groups is 1. The zero-order valence-electron chi connectivity index (χ0n) is 18.9. The molecule has 3 aromatic rings. The molecular formula is C24H19MnN5O5S. The fourth-order valence-electron chi connectivity index (χ4n) is 2.72. The number of carbonyl (C=O) groups excluding carboxylic acids is 2. The molecule has 2 aromatic carbocycles. The van der Waals surface area contributed by atoms with Crippen LogP contribution in [0.25, 0.3) is 0 Å². The van der Waals surface area contributed by atoms with E-state index in [1.165, 1.54) is 6.20 Å². The molecule has 0 unspecified atom stereocenters. The molecule has 10 nitrogen and oxygen atoms in total. The number of aromatic nitrogens is 1. The van der Waals surface area contributed by atoms with Crippen molar-refractivity contribution in [3.63, 3.8) is 0 Å². The number of carbonyl (C=O) groups is 2. The zero-order chi connectivity index (χ0) is 25.2. The minimum Gasteiger partial charge on any atom is -0.477 e. The second kappa shape index (κ2) is 13.7. The Kier molecular flexibility index (Phi) is 10.8. The van der Waals surface area contributed by atoms with Crippen molar-refractivity contribution in [1.29, 1.82) is 5.26 Å². The van der Waals surface area contributed by atoms with Crippen molar-refractivity contribution in [2.24, 2.45) is 4.99 Å². The van der Waals surface area contributed by atoms with E-state index in [4.69, 9.17) is 15.1 Å². The van der Waals surface area contributed by atoms with Crippen molar-refractivity contribution in [3.05, 3.63) is 70.7 Å². The molecule has 183 valence electrons. The summed E-state index contributed by atoms with van der Waals surface area (Å²) in [4.78, 5) is 45.2. The van der Waals surface area contributed by atoms with Gasteiger partial charge < -0.3 is 34.2 Å². The first kappa shape index (κ1) is 28.2. The number of hydrogen-bond acceptors (Lipinski definition) is 8. The first-order chi connectivity index (χ1) is 16.9. The third-order valence-corrected chi connectivity index (χ3v) is 5.38. The van der Waals surface area contributed by atoms with Gasteiger partial charge in [0.05, 0.1) is 25.1 Å². The number of thiazole rings is 1. The molecule has 1 aromatic heterocycles. The van der Waals surface area contributed by atoms with Crippen LogP contribution in [0, 0.1) is 18.3 Å². The number of aromatic carboxylic acids is 1. The predicted molar refractivity (Wildman–Crippen MR) is 127 cm³/mol. The quantitative estimate of drug-likeness (QED) is 0.132. The van der Waals surface area contributed by atoms with Gasteiger partial charge in [-0.05, 0) is 30.3 Å². The molecule has 1 N–H and O–H groups in total. The molecule has 36 heavy (non-hydrogen) atoms. The molecule has 12 heteroatoms. The zero-order valence-corrected chi connectivity index (χ0v) is 20.9. The van der Waals surface area contributed by atoms with Gasteiger partial charge in [0.15, 0.2) is 6.03 Å². The van der Waals surface area contributed by atoms with Gasteiger partial charge in [0.2, 0.25) is 0 Å². The van der Waals surface area contributed by atoms with E-state index in [1.54, 1.807) is 30.7 Å². The minimum absolute atomic E-state index is 0. The van der Waals surface area contributed by atoms with Crippen LogP contribution in [-0.2, 0) is 28.4 Å². The summed E-state index contributed by atoms with van der Waals surface area (Å²) in [6.07, 6.45) is 5.41. The molecule has 1 heterocycles. The number of hydrogen-bond donors (Lipinski definition) is 1. The average molecular weight is 544 g/mol. The molecule has 0 saturated heterocycles. The van der Waals surface area contributed by atoms with Crippen LogP contribution in [0.1, 0.15) is 27.2 Å². The minimum atomic E-state index is -1.08. The standard InChI is InChI=1S/C24H19N5O5S.Mn/c1-17-3-5-18(6-4-17)14-29(24(33)28(16-30)12-2-11-25)15-27-19-7-9-20(10-8-19)34-23-26-13-21(35-23)22(31)32;/h3-10,13H,2,12,14H2,1H3,(H,31,32);/q-2;+2. The summed E-state index contributed by atoms with van der Waals surface area (Å²) >= 11 is 0.900. The molecule has 0 bridgehead atoms. The number of benzene rings is 2. The predicted octanol–water partition coefficient (Wildman–Crippen LogP) is 4.38. The molecule has 0 saturated carbocycles. The Morgan fingerprint density at radius 3 is 2.44 bits per heavy atom. The number of nitrogens with zero attached hydrogens (tertiary/aromatic N) is 5. The maximum Gasteiger partial charge on any atom is 2.00 e. The Balaban J connectivity index is 0.00000456. The molecular weight excluding hydrogens is 525 g/mol. The van der Waals surface area contributed by atoms with Gasteiger partial charge in [0.1, 0.15) is 10.6 Å². The summed E-state index contributed by atoms with van der Waals surface area (Å²) in [5.74, 6) is -0.665. The normalized spacial score (nSPS) is 10.2. The summed E-state index contributed by atoms with van der Waals surface area (Å²) in [7, 11) is 0. The van der Waals surface area contributed by atoms with Crippen LogP contribution in [0.15, 0.2) is 59.7 Å². The van der Waals surface area contributed by atoms with Crippen LogP contribution >= 0.6 is 11.3 Å². The molecule has 3 rings (SSSR count). The number of amides is 3.